The first-order valence-corrected chi connectivity index (χ1v) is 6.63. The average molecular weight is 259 g/mol. The highest BCUT2D eigenvalue weighted by Crippen LogP contribution is 2.16. The second-order valence-corrected chi connectivity index (χ2v) is 4.86. The molecular weight excluding hydrogens is 238 g/mol. The molecule has 0 amide bonds. The Kier molecular flexibility index (Phi) is 4.58. The lowest BCUT2D eigenvalue weighted by Gasteiger charge is -2.12. The van der Waals surface area contributed by atoms with Crippen molar-refractivity contribution in [2.24, 2.45) is 5.73 Å². The molecule has 0 bridgehead atoms. The maximum atomic E-state index is 5.78. The van der Waals surface area contributed by atoms with Gasteiger partial charge in [-0.3, -0.25) is 0 Å². The Morgan fingerprint density at radius 2 is 2.00 bits per heavy atom. The van der Waals surface area contributed by atoms with E-state index in [1.807, 2.05) is 24.7 Å². The number of ether oxygens (including phenoxy) is 1. The molecule has 4 nitrogen and oxygen atoms in total. The maximum Gasteiger partial charge on any atom is 0.130 e. The molecule has 0 aliphatic carbocycles. The van der Waals surface area contributed by atoms with Crippen LogP contribution in [0.1, 0.15) is 31.1 Å². The van der Waals surface area contributed by atoms with Gasteiger partial charge < -0.3 is 15.0 Å². The van der Waals surface area contributed by atoms with E-state index in [0.29, 0.717) is 19.2 Å². The molecule has 0 atom stereocenters. The predicted molar refractivity (Wildman–Crippen MR) is 76.1 cm³/mol. The SMILES string of the molecule is CC(C)n1cncc1COc1ccc(CCN)cc1. The normalized spacial score (nSPS) is 10.9. The van der Waals surface area contributed by atoms with Gasteiger partial charge in [0.2, 0.25) is 0 Å². The third-order valence-electron chi connectivity index (χ3n) is 3.05. The van der Waals surface area contributed by atoms with Crippen molar-refractivity contribution < 1.29 is 4.74 Å². The topological polar surface area (TPSA) is 53.1 Å². The van der Waals surface area contributed by atoms with Gasteiger partial charge in [0.25, 0.3) is 0 Å². The molecule has 0 saturated carbocycles. The van der Waals surface area contributed by atoms with E-state index in [9.17, 15) is 0 Å². The van der Waals surface area contributed by atoms with Gasteiger partial charge in [-0.05, 0) is 44.5 Å². The van der Waals surface area contributed by atoms with Crippen LogP contribution in [0.5, 0.6) is 5.75 Å². The van der Waals surface area contributed by atoms with Gasteiger partial charge in [-0.2, -0.15) is 0 Å². The standard InChI is InChI=1S/C15H21N3O/c1-12(2)18-11-17-9-14(18)10-19-15-5-3-13(4-6-15)7-8-16/h3-6,9,11-12H,7-8,10,16H2,1-2H3. The summed E-state index contributed by atoms with van der Waals surface area (Å²) in [5.74, 6) is 0.872. The summed E-state index contributed by atoms with van der Waals surface area (Å²) in [7, 11) is 0. The molecule has 0 unspecified atom stereocenters. The van der Waals surface area contributed by atoms with E-state index in [1.54, 1.807) is 0 Å². The van der Waals surface area contributed by atoms with E-state index in [2.05, 4.69) is 35.5 Å². The van der Waals surface area contributed by atoms with Crippen LogP contribution in [0, 0.1) is 0 Å². The molecule has 0 spiro atoms. The smallest absolute Gasteiger partial charge is 0.130 e. The zero-order valence-electron chi connectivity index (χ0n) is 11.5. The number of hydrogen-bond donors (Lipinski definition) is 1. The lowest BCUT2D eigenvalue weighted by Crippen LogP contribution is -2.07. The number of nitrogens with zero attached hydrogens (tertiary/aromatic N) is 2. The molecule has 102 valence electrons. The lowest BCUT2D eigenvalue weighted by atomic mass is 10.1. The Balaban J connectivity index is 1.96. The van der Waals surface area contributed by atoms with E-state index in [0.717, 1.165) is 17.9 Å². The summed E-state index contributed by atoms with van der Waals surface area (Å²) >= 11 is 0. The second-order valence-electron chi connectivity index (χ2n) is 4.86. The van der Waals surface area contributed by atoms with Crippen molar-refractivity contribution in [2.75, 3.05) is 6.54 Å². The first-order chi connectivity index (χ1) is 9.20. The van der Waals surface area contributed by atoms with Crippen molar-refractivity contribution in [1.29, 1.82) is 0 Å². The Hall–Kier alpha value is -1.81. The van der Waals surface area contributed by atoms with Crippen LogP contribution in [0.2, 0.25) is 0 Å². The van der Waals surface area contributed by atoms with Crippen LogP contribution >= 0.6 is 0 Å². The van der Waals surface area contributed by atoms with Gasteiger partial charge in [0.1, 0.15) is 12.4 Å². The fourth-order valence-electron chi connectivity index (χ4n) is 1.99. The highest BCUT2D eigenvalue weighted by molar-refractivity contribution is 5.27. The van der Waals surface area contributed by atoms with Crippen LogP contribution in [0.4, 0.5) is 0 Å². The quantitative estimate of drug-likeness (QED) is 0.867. The Morgan fingerprint density at radius 1 is 1.26 bits per heavy atom. The molecule has 4 heteroatoms. The minimum atomic E-state index is 0.396. The van der Waals surface area contributed by atoms with Crippen LogP contribution in [0.15, 0.2) is 36.8 Å². The summed E-state index contributed by atoms with van der Waals surface area (Å²) in [5, 5.41) is 0. The summed E-state index contributed by atoms with van der Waals surface area (Å²) in [5.41, 5.74) is 7.85. The number of benzene rings is 1. The minimum Gasteiger partial charge on any atom is -0.487 e. The van der Waals surface area contributed by atoms with E-state index in [-0.39, 0.29) is 0 Å². The molecule has 1 heterocycles. The first kappa shape index (κ1) is 13.6. The van der Waals surface area contributed by atoms with Crippen molar-refractivity contribution in [2.45, 2.75) is 32.9 Å². The molecule has 1 aromatic carbocycles. The summed E-state index contributed by atoms with van der Waals surface area (Å²) in [6.07, 6.45) is 4.59. The third kappa shape index (κ3) is 3.58. The van der Waals surface area contributed by atoms with E-state index in [1.165, 1.54) is 5.56 Å². The van der Waals surface area contributed by atoms with Gasteiger partial charge >= 0.3 is 0 Å². The number of aromatic nitrogens is 2. The van der Waals surface area contributed by atoms with Crippen molar-refractivity contribution >= 4 is 0 Å². The summed E-state index contributed by atoms with van der Waals surface area (Å²) in [6.45, 7) is 5.47. The number of rotatable bonds is 6. The van der Waals surface area contributed by atoms with Gasteiger partial charge in [0.05, 0.1) is 18.2 Å². The molecule has 0 aliphatic rings. The summed E-state index contributed by atoms with van der Waals surface area (Å²) in [4.78, 5) is 4.16. The fourth-order valence-corrected chi connectivity index (χ4v) is 1.99. The molecule has 19 heavy (non-hydrogen) atoms. The van der Waals surface area contributed by atoms with Gasteiger partial charge in [0, 0.05) is 6.04 Å². The minimum absolute atomic E-state index is 0.396. The Morgan fingerprint density at radius 3 is 2.63 bits per heavy atom. The molecular formula is C15H21N3O. The Labute approximate surface area is 114 Å². The predicted octanol–water partition coefficient (Wildman–Crippen LogP) is 2.54. The second kappa shape index (κ2) is 6.38. The largest absolute Gasteiger partial charge is 0.487 e. The van der Waals surface area contributed by atoms with Crippen LogP contribution in [-0.4, -0.2) is 16.1 Å². The van der Waals surface area contributed by atoms with Crippen LogP contribution < -0.4 is 10.5 Å². The van der Waals surface area contributed by atoms with Crippen LogP contribution in [0.25, 0.3) is 0 Å². The zero-order valence-corrected chi connectivity index (χ0v) is 11.5. The first-order valence-electron chi connectivity index (χ1n) is 6.63. The number of imidazole rings is 1. The van der Waals surface area contributed by atoms with Gasteiger partial charge in [-0.15, -0.1) is 0 Å². The molecule has 0 fully saturated rings. The Bertz CT molecular complexity index is 502. The van der Waals surface area contributed by atoms with E-state index in [4.69, 9.17) is 10.5 Å². The molecule has 0 saturated heterocycles. The molecule has 0 aliphatic heterocycles. The number of nitrogens with two attached hydrogens (primary N) is 1. The van der Waals surface area contributed by atoms with Crippen LogP contribution in [0.3, 0.4) is 0 Å². The van der Waals surface area contributed by atoms with Gasteiger partial charge in [-0.25, -0.2) is 4.98 Å². The van der Waals surface area contributed by atoms with E-state index < -0.39 is 0 Å². The average Bonchev–Trinajstić information content (AvgIpc) is 2.87. The maximum absolute atomic E-state index is 5.78. The third-order valence-corrected chi connectivity index (χ3v) is 3.05. The molecule has 2 rings (SSSR count). The highest BCUT2D eigenvalue weighted by Gasteiger charge is 2.05. The summed E-state index contributed by atoms with van der Waals surface area (Å²) in [6, 6.07) is 8.49. The van der Waals surface area contributed by atoms with E-state index >= 15 is 0 Å². The molecule has 2 N–H and O–H groups in total. The zero-order chi connectivity index (χ0) is 13.7. The highest BCUT2D eigenvalue weighted by atomic mass is 16.5. The molecule has 2 aromatic rings. The monoisotopic (exact) mass is 259 g/mol. The van der Waals surface area contributed by atoms with Crippen molar-refractivity contribution in [3.05, 3.63) is 48.0 Å². The molecule has 1 aromatic heterocycles. The van der Waals surface area contributed by atoms with Crippen molar-refractivity contribution in [3.63, 3.8) is 0 Å². The van der Waals surface area contributed by atoms with Crippen molar-refractivity contribution in [3.8, 4) is 5.75 Å². The number of hydrogen-bond acceptors (Lipinski definition) is 3. The van der Waals surface area contributed by atoms with Crippen LogP contribution in [-0.2, 0) is 13.0 Å². The van der Waals surface area contributed by atoms with Gasteiger partial charge in [0.15, 0.2) is 0 Å². The van der Waals surface area contributed by atoms with Crippen molar-refractivity contribution in [1.82, 2.24) is 9.55 Å². The molecule has 0 radical (unpaired) electrons. The van der Waals surface area contributed by atoms with Gasteiger partial charge in [-0.1, -0.05) is 12.1 Å². The summed E-state index contributed by atoms with van der Waals surface area (Å²) < 4.78 is 7.90. The fraction of sp³-hybridized carbons (Fsp3) is 0.400. The lowest BCUT2D eigenvalue weighted by molar-refractivity contribution is 0.292.